The van der Waals surface area contributed by atoms with Crippen LogP contribution in [-0.4, -0.2) is 60.6 Å². The summed E-state index contributed by atoms with van der Waals surface area (Å²) in [5.41, 5.74) is 1.16. The monoisotopic (exact) mass is 396 g/mol. The summed E-state index contributed by atoms with van der Waals surface area (Å²) in [4.78, 5) is 40.4. The second-order valence-electron chi connectivity index (χ2n) is 6.61. The molecule has 0 bridgehead atoms. The molecular weight excluding hydrogens is 372 g/mol. The van der Waals surface area contributed by atoms with E-state index in [4.69, 9.17) is 9.47 Å². The molecule has 0 spiro atoms. The van der Waals surface area contributed by atoms with Crippen LogP contribution in [0.4, 0.5) is 4.79 Å². The average Bonchev–Trinajstić information content (AvgIpc) is 3.00. The van der Waals surface area contributed by atoms with Gasteiger partial charge in [-0.25, -0.2) is 4.79 Å². The third-order valence-corrected chi connectivity index (χ3v) is 4.66. The van der Waals surface area contributed by atoms with Crippen LogP contribution in [0.5, 0.6) is 5.75 Å². The highest BCUT2D eigenvalue weighted by molar-refractivity contribution is 5.95. The van der Waals surface area contributed by atoms with Crippen molar-refractivity contribution >= 4 is 18.0 Å². The molecule has 1 aliphatic rings. The standard InChI is InChI=1S/C22H24N2O5/c1-2-28-22(27)29-19-11-9-18(10-12-19)21(26)24-14-6-13-23(15-16-24)20(25)17-7-4-3-5-8-17/h3-5,7-12H,2,6,13-16H2,1H3. The van der Waals surface area contributed by atoms with Crippen LogP contribution in [0.2, 0.25) is 0 Å². The summed E-state index contributed by atoms with van der Waals surface area (Å²) < 4.78 is 9.73. The van der Waals surface area contributed by atoms with E-state index in [2.05, 4.69) is 0 Å². The number of ether oxygens (including phenoxy) is 2. The zero-order chi connectivity index (χ0) is 20.6. The van der Waals surface area contributed by atoms with Crippen molar-refractivity contribution in [2.45, 2.75) is 13.3 Å². The van der Waals surface area contributed by atoms with Gasteiger partial charge in [0.25, 0.3) is 11.8 Å². The summed E-state index contributed by atoms with van der Waals surface area (Å²) in [5.74, 6) is 0.192. The lowest BCUT2D eigenvalue weighted by Gasteiger charge is -2.22. The van der Waals surface area contributed by atoms with Crippen molar-refractivity contribution < 1.29 is 23.9 Å². The first-order chi connectivity index (χ1) is 14.1. The van der Waals surface area contributed by atoms with Gasteiger partial charge in [-0.2, -0.15) is 0 Å². The molecule has 3 rings (SSSR count). The second-order valence-corrected chi connectivity index (χ2v) is 6.61. The first-order valence-electron chi connectivity index (χ1n) is 9.66. The molecule has 2 aromatic rings. The van der Waals surface area contributed by atoms with Gasteiger partial charge >= 0.3 is 6.16 Å². The molecule has 29 heavy (non-hydrogen) atoms. The number of hydrogen-bond acceptors (Lipinski definition) is 5. The molecule has 1 aliphatic heterocycles. The van der Waals surface area contributed by atoms with Crippen LogP contribution in [0.15, 0.2) is 54.6 Å². The molecule has 2 amide bonds. The molecule has 1 saturated heterocycles. The molecule has 1 heterocycles. The fourth-order valence-electron chi connectivity index (χ4n) is 3.18. The van der Waals surface area contributed by atoms with E-state index in [1.807, 2.05) is 18.2 Å². The molecule has 0 aliphatic carbocycles. The van der Waals surface area contributed by atoms with Crippen LogP contribution < -0.4 is 4.74 Å². The van der Waals surface area contributed by atoms with Crippen LogP contribution in [0.1, 0.15) is 34.1 Å². The van der Waals surface area contributed by atoms with Gasteiger partial charge in [0.15, 0.2) is 0 Å². The van der Waals surface area contributed by atoms with E-state index < -0.39 is 6.16 Å². The van der Waals surface area contributed by atoms with E-state index in [0.29, 0.717) is 49.5 Å². The fraction of sp³-hybridized carbons (Fsp3) is 0.318. The minimum absolute atomic E-state index is 0.0135. The molecule has 2 aromatic carbocycles. The van der Waals surface area contributed by atoms with Crippen molar-refractivity contribution in [2.75, 3.05) is 32.8 Å². The maximum Gasteiger partial charge on any atom is 0.513 e. The average molecular weight is 396 g/mol. The van der Waals surface area contributed by atoms with Crippen molar-refractivity contribution in [2.24, 2.45) is 0 Å². The van der Waals surface area contributed by atoms with Crippen molar-refractivity contribution in [3.63, 3.8) is 0 Å². The Hall–Kier alpha value is -3.35. The van der Waals surface area contributed by atoms with Gasteiger partial charge in [0.1, 0.15) is 5.75 Å². The summed E-state index contributed by atoms with van der Waals surface area (Å²) >= 11 is 0. The highest BCUT2D eigenvalue weighted by Gasteiger charge is 2.23. The third-order valence-electron chi connectivity index (χ3n) is 4.66. The molecule has 0 aromatic heterocycles. The Morgan fingerprint density at radius 1 is 0.793 bits per heavy atom. The zero-order valence-corrected chi connectivity index (χ0v) is 16.4. The van der Waals surface area contributed by atoms with Crippen LogP contribution in [0.3, 0.4) is 0 Å². The predicted octanol–water partition coefficient (Wildman–Crippen LogP) is 3.21. The molecule has 7 nitrogen and oxygen atoms in total. The Morgan fingerprint density at radius 3 is 1.90 bits per heavy atom. The lowest BCUT2D eigenvalue weighted by molar-refractivity contribution is 0.0718. The van der Waals surface area contributed by atoms with Crippen molar-refractivity contribution in [1.82, 2.24) is 9.80 Å². The largest absolute Gasteiger partial charge is 0.513 e. The summed E-state index contributed by atoms with van der Waals surface area (Å²) in [6.45, 7) is 4.08. The molecular formula is C22H24N2O5. The number of amides is 2. The van der Waals surface area contributed by atoms with E-state index in [1.54, 1.807) is 53.1 Å². The number of rotatable bonds is 4. The highest BCUT2D eigenvalue weighted by atomic mass is 16.7. The summed E-state index contributed by atoms with van der Waals surface area (Å²) in [7, 11) is 0. The number of benzene rings is 2. The van der Waals surface area contributed by atoms with Crippen LogP contribution in [-0.2, 0) is 4.74 Å². The minimum atomic E-state index is -0.776. The Kier molecular flexibility index (Phi) is 6.84. The van der Waals surface area contributed by atoms with E-state index in [-0.39, 0.29) is 18.4 Å². The normalized spacial score (nSPS) is 14.1. The second kappa shape index (κ2) is 9.73. The quantitative estimate of drug-likeness (QED) is 0.586. The van der Waals surface area contributed by atoms with E-state index >= 15 is 0 Å². The maximum absolute atomic E-state index is 12.8. The van der Waals surface area contributed by atoms with Gasteiger partial charge in [-0.3, -0.25) is 9.59 Å². The fourth-order valence-corrected chi connectivity index (χ4v) is 3.18. The van der Waals surface area contributed by atoms with Crippen LogP contribution in [0, 0.1) is 0 Å². The van der Waals surface area contributed by atoms with Gasteiger partial charge < -0.3 is 19.3 Å². The van der Waals surface area contributed by atoms with Crippen molar-refractivity contribution in [3.05, 3.63) is 65.7 Å². The molecule has 0 N–H and O–H groups in total. The van der Waals surface area contributed by atoms with Gasteiger partial charge in [0.05, 0.1) is 6.61 Å². The molecule has 1 fully saturated rings. The van der Waals surface area contributed by atoms with Gasteiger partial charge in [-0.15, -0.1) is 0 Å². The van der Waals surface area contributed by atoms with E-state index in [0.717, 1.165) is 0 Å². The molecule has 7 heteroatoms. The Balaban J connectivity index is 1.59. The Bertz CT molecular complexity index is 851. The molecule has 0 atom stereocenters. The van der Waals surface area contributed by atoms with Gasteiger partial charge in [-0.1, -0.05) is 18.2 Å². The molecule has 0 unspecified atom stereocenters. The SMILES string of the molecule is CCOC(=O)Oc1ccc(C(=O)N2CCCN(C(=O)c3ccccc3)CC2)cc1. The molecule has 152 valence electrons. The van der Waals surface area contributed by atoms with Crippen molar-refractivity contribution in [1.29, 1.82) is 0 Å². The number of carbonyl (C=O) groups excluding carboxylic acids is 3. The lowest BCUT2D eigenvalue weighted by Crippen LogP contribution is -2.37. The first kappa shape index (κ1) is 20.4. The lowest BCUT2D eigenvalue weighted by atomic mass is 10.2. The van der Waals surface area contributed by atoms with Crippen molar-refractivity contribution in [3.8, 4) is 5.75 Å². The van der Waals surface area contributed by atoms with E-state index in [9.17, 15) is 14.4 Å². The Labute approximate surface area is 169 Å². The summed E-state index contributed by atoms with van der Waals surface area (Å²) in [5, 5.41) is 0. The van der Waals surface area contributed by atoms with Gasteiger partial charge in [0, 0.05) is 37.3 Å². The smallest absolute Gasteiger partial charge is 0.434 e. The van der Waals surface area contributed by atoms with Crippen LogP contribution in [0.25, 0.3) is 0 Å². The van der Waals surface area contributed by atoms with Gasteiger partial charge in [0.2, 0.25) is 0 Å². The number of hydrogen-bond donors (Lipinski definition) is 0. The first-order valence-corrected chi connectivity index (χ1v) is 9.66. The summed E-state index contributed by atoms with van der Waals surface area (Å²) in [6, 6.07) is 15.5. The molecule has 0 saturated carbocycles. The number of nitrogens with zero attached hydrogens (tertiary/aromatic N) is 2. The topological polar surface area (TPSA) is 76.2 Å². The third kappa shape index (κ3) is 5.34. The minimum Gasteiger partial charge on any atom is -0.434 e. The van der Waals surface area contributed by atoms with E-state index in [1.165, 1.54) is 0 Å². The maximum atomic E-state index is 12.8. The van der Waals surface area contributed by atoms with Crippen LogP contribution >= 0.6 is 0 Å². The van der Waals surface area contributed by atoms with Gasteiger partial charge in [-0.05, 0) is 49.7 Å². The molecule has 0 radical (unpaired) electrons. The number of carbonyl (C=O) groups is 3. The zero-order valence-electron chi connectivity index (χ0n) is 16.4. The predicted molar refractivity (Wildman–Crippen MR) is 107 cm³/mol. The Morgan fingerprint density at radius 2 is 1.34 bits per heavy atom. The summed E-state index contributed by atoms with van der Waals surface area (Å²) in [6.07, 6.45) is -0.0590. The highest BCUT2D eigenvalue weighted by Crippen LogP contribution is 2.16.